The van der Waals surface area contributed by atoms with Crippen molar-refractivity contribution in [2.24, 2.45) is 0 Å². The van der Waals surface area contributed by atoms with Crippen LogP contribution in [-0.4, -0.2) is 15.8 Å². The van der Waals surface area contributed by atoms with E-state index in [9.17, 15) is 14.9 Å². The highest BCUT2D eigenvalue weighted by atomic mass is 16.6. The summed E-state index contributed by atoms with van der Waals surface area (Å²) in [5.41, 5.74) is 2.13. The standard InChI is InChI=1S/C13H12N2O3/c1-10-11(4-2-6-13(10)15(17)18)8-14-7-3-5-12(14)9-16/h2-7,9H,8H2,1H3. The number of carbonyl (C=O) groups excluding carboxylic acids is 1. The number of nitro groups is 1. The van der Waals surface area contributed by atoms with Crippen LogP contribution < -0.4 is 0 Å². The highest BCUT2D eigenvalue weighted by Gasteiger charge is 2.13. The van der Waals surface area contributed by atoms with Crippen LogP contribution in [0.3, 0.4) is 0 Å². The topological polar surface area (TPSA) is 65.1 Å². The first-order valence-electron chi connectivity index (χ1n) is 5.46. The Morgan fingerprint density at radius 2 is 2.11 bits per heavy atom. The fraction of sp³-hybridized carbons (Fsp3) is 0.154. The Balaban J connectivity index is 2.38. The number of nitrogens with zero attached hydrogens (tertiary/aromatic N) is 2. The number of aromatic nitrogens is 1. The number of hydrogen-bond donors (Lipinski definition) is 0. The Morgan fingerprint density at radius 3 is 2.78 bits per heavy atom. The van der Waals surface area contributed by atoms with Gasteiger partial charge in [0.25, 0.3) is 5.69 Å². The predicted octanol–water partition coefficient (Wildman–Crippen LogP) is 2.57. The molecule has 0 unspecified atom stereocenters. The number of aldehydes is 1. The van der Waals surface area contributed by atoms with Crippen LogP contribution in [-0.2, 0) is 6.54 Å². The van der Waals surface area contributed by atoms with Gasteiger partial charge in [-0.2, -0.15) is 0 Å². The van der Waals surface area contributed by atoms with Crippen molar-refractivity contribution >= 4 is 12.0 Å². The summed E-state index contributed by atoms with van der Waals surface area (Å²) < 4.78 is 1.76. The van der Waals surface area contributed by atoms with E-state index in [0.717, 1.165) is 11.8 Å². The molecule has 0 saturated heterocycles. The van der Waals surface area contributed by atoms with Gasteiger partial charge >= 0.3 is 0 Å². The maximum atomic E-state index is 10.8. The van der Waals surface area contributed by atoms with Crippen molar-refractivity contribution in [3.05, 3.63) is 63.5 Å². The van der Waals surface area contributed by atoms with Gasteiger partial charge in [-0.15, -0.1) is 0 Å². The molecule has 5 heteroatoms. The molecule has 1 heterocycles. The van der Waals surface area contributed by atoms with E-state index in [1.165, 1.54) is 6.07 Å². The summed E-state index contributed by atoms with van der Waals surface area (Å²) in [6.07, 6.45) is 2.55. The van der Waals surface area contributed by atoms with Crippen LogP contribution >= 0.6 is 0 Å². The van der Waals surface area contributed by atoms with E-state index < -0.39 is 4.92 Å². The van der Waals surface area contributed by atoms with Crippen LogP contribution in [0.15, 0.2) is 36.5 Å². The lowest BCUT2D eigenvalue weighted by atomic mass is 10.1. The maximum absolute atomic E-state index is 10.8. The summed E-state index contributed by atoms with van der Waals surface area (Å²) >= 11 is 0. The summed E-state index contributed by atoms with van der Waals surface area (Å²) in [4.78, 5) is 21.3. The molecule has 0 bridgehead atoms. The molecule has 0 fully saturated rings. The average Bonchev–Trinajstić information content (AvgIpc) is 2.78. The number of carbonyl (C=O) groups is 1. The minimum Gasteiger partial charge on any atom is -0.341 e. The van der Waals surface area contributed by atoms with Crippen molar-refractivity contribution < 1.29 is 9.72 Å². The van der Waals surface area contributed by atoms with Crippen LogP contribution in [0.5, 0.6) is 0 Å². The number of nitro benzene ring substituents is 1. The summed E-state index contributed by atoms with van der Waals surface area (Å²) in [5, 5.41) is 10.8. The normalized spacial score (nSPS) is 10.3. The molecule has 0 aliphatic heterocycles. The third-order valence-corrected chi connectivity index (χ3v) is 2.94. The molecule has 0 radical (unpaired) electrons. The smallest absolute Gasteiger partial charge is 0.272 e. The molecule has 1 aromatic carbocycles. The van der Waals surface area contributed by atoms with Crippen molar-refractivity contribution in [1.29, 1.82) is 0 Å². The van der Waals surface area contributed by atoms with Gasteiger partial charge in [-0.3, -0.25) is 14.9 Å². The average molecular weight is 244 g/mol. The molecule has 5 nitrogen and oxygen atoms in total. The van der Waals surface area contributed by atoms with Crippen LogP contribution in [0.25, 0.3) is 0 Å². The van der Waals surface area contributed by atoms with Crippen molar-refractivity contribution in [2.45, 2.75) is 13.5 Å². The molecule has 0 saturated carbocycles. The summed E-state index contributed by atoms with van der Waals surface area (Å²) in [7, 11) is 0. The predicted molar refractivity (Wildman–Crippen MR) is 66.8 cm³/mol. The Hall–Kier alpha value is -2.43. The SMILES string of the molecule is Cc1c(Cn2cccc2C=O)cccc1[N+](=O)[O-]. The molecular formula is C13H12N2O3. The monoisotopic (exact) mass is 244 g/mol. The molecule has 2 rings (SSSR count). The molecule has 0 aliphatic rings. The second-order valence-electron chi connectivity index (χ2n) is 4.00. The third-order valence-electron chi connectivity index (χ3n) is 2.94. The van der Waals surface area contributed by atoms with Gasteiger partial charge in [0.15, 0.2) is 6.29 Å². The van der Waals surface area contributed by atoms with Gasteiger partial charge < -0.3 is 4.57 Å². The highest BCUT2D eigenvalue weighted by molar-refractivity contribution is 5.72. The van der Waals surface area contributed by atoms with Crippen LogP contribution in [0.4, 0.5) is 5.69 Å². The van der Waals surface area contributed by atoms with E-state index in [-0.39, 0.29) is 5.69 Å². The first-order valence-corrected chi connectivity index (χ1v) is 5.46. The van der Waals surface area contributed by atoms with Gasteiger partial charge in [0, 0.05) is 24.4 Å². The molecule has 0 aliphatic carbocycles. The van der Waals surface area contributed by atoms with Crippen molar-refractivity contribution in [3.63, 3.8) is 0 Å². The largest absolute Gasteiger partial charge is 0.341 e. The molecule has 0 spiro atoms. The first kappa shape index (κ1) is 12.0. The molecule has 1 aromatic heterocycles. The molecule has 0 N–H and O–H groups in total. The van der Waals surface area contributed by atoms with E-state index in [2.05, 4.69) is 0 Å². The number of benzene rings is 1. The highest BCUT2D eigenvalue weighted by Crippen LogP contribution is 2.22. The zero-order valence-corrected chi connectivity index (χ0v) is 9.87. The number of hydrogen-bond acceptors (Lipinski definition) is 3. The van der Waals surface area contributed by atoms with Crippen LogP contribution in [0.1, 0.15) is 21.6 Å². The minimum absolute atomic E-state index is 0.104. The third kappa shape index (κ3) is 2.15. The fourth-order valence-corrected chi connectivity index (χ4v) is 1.90. The van der Waals surface area contributed by atoms with Crippen LogP contribution in [0.2, 0.25) is 0 Å². The van der Waals surface area contributed by atoms with Crippen molar-refractivity contribution in [3.8, 4) is 0 Å². The Bertz CT molecular complexity index is 602. The zero-order chi connectivity index (χ0) is 13.1. The molecule has 0 atom stereocenters. The second-order valence-corrected chi connectivity index (χ2v) is 4.00. The lowest BCUT2D eigenvalue weighted by Gasteiger charge is -2.08. The summed E-state index contributed by atoms with van der Waals surface area (Å²) in [5.74, 6) is 0. The van der Waals surface area contributed by atoms with Gasteiger partial charge in [0.2, 0.25) is 0 Å². The minimum atomic E-state index is -0.394. The first-order chi connectivity index (χ1) is 8.63. The van der Waals surface area contributed by atoms with Gasteiger partial charge in [-0.05, 0) is 24.6 Å². The molecular weight excluding hydrogens is 232 g/mol. The van der Waals surface area contributed by atoms with E-state index in [1.807, 2.05) is 6.07 Å². The summed E-state index contributed by atoms with van der Waals surface area (Å²) in [6.45, 7) is 2.17. The quantitative estimate of drug-likeness (QED) is 0.471. The summed E-state index contributed by atoms with van der Waals surface area (Å²) in [6, 6.07) is 8.45. The Labute approximate surface area is 104 Å². The molecule has 0 amide bonds. The maximum Gasteiger partial charge on any atom is 0.272 e. The van der Waals surface area contributed by atoms with Crippen LogP contribution in [0, 0.1) is 17.0 Å². The van der Waals surface area contributed by atoms with Crippen molar-refractivity contribution in [1.82, 2.24) is 4.57 Å². The van der Waals surface area contributed by atoms with Gasteiger partial charge in [0.1, 0.15) is 0 Å². The van der Waals surface area contributed by atoms with E-state index in [4.69, 9.17) is 0 Å². The fourth-order valence-electron chi connectivity index (χ4n) is 1.90. The Kier molecular flexibility index (Phi) is 3.23. The molecule has 2 aromatic rings. The number of rotatable bonds is 4. The Morgan fingerprint density at radius 1 is 1.33 bits per heavy atom. The zero-order valence-electron chi connectivity index (χ0n) is 9.87. The van der Waals surface area contributed by atoms with Crippen molar-refractivity contribution in [2.75, 3.05) is 0 Å². The van der Waals surface area contributed by atoms with E-state index >= 15 is 0 Å². The van der Waals surface area contributed by atoms with E-state index in [1.54, 1.807) is 35.9 Å². The van der Waals surface area contributed by atoms with Gasteiger partial charge in [0.05, 0.1) is 10.6 Å². The lowest BCUT2D eigenvalue weighted by molar-refractivity contribution is -0.385. The van der Waals surface area contributed by atoms with E-state index in [0.29, 0.717) is 17.8 Å². The second kappa shape index (κ2) is 4.83. The lowest BCUT2D eigenvalue weighted by Crippen LogP contribution is -2.05. The van der Waals surface area contributed by atoms with Gasteiger partial charge in [-0.25, -0.2) is 0 Å². The molecule has 92 valence electrons. The molecule has 18 heavy (non-hydrogen) atoms. The van der Waals surface area contributed by atoms with Gasteiger partial charge in [-0.1, -0.05) is 12.1 Å².